The molecule has 3 aromatic rings. The Bertz CT molecular complexity index is 1050. The highest BCUT2D eigenvalue weighted by atomic mass is 35.5. The Balaban J connectivity index is 1.50. The van der Waals surface area contributed by atoms with Gasteiger partial charge in [-0.3, -0.25) is 4.79 Å². The van der Waals surface area contributed by atoms with Gasteiger partial charge in [0.15, 0.2) is 5.69 Å². The van der Waals surface area contributed by atoms with Crippen molar-refractivity contribution in [1.29, 1.82) is 0 Å². The molecular formula is C20H19ClFN5O. The third-order valence-electron chi connectivity index (χ3n) is 4.86. The highest BCUT2D eigenvalue weighted by Crippen LogP contribution is 2.20. The smallest absolute Gasteiger partial charge is 0.278 e. The number of nitrogens with one attached hydrogen (secondary N) is 2. The fourth-order valence-electron chi connectivity index (χ4n) is 3.28. The summed E-state index contributed by atoms with van der Waals surface area (Å²) < 4.78 is 14.9. The molecule has 2 aromatic carbocycles. The minimum atomic E-state index is -0.471. The molecule has 1 aliphatic rings. The molecule has 28 heavy (non-hydrogen) atoms. The molecule has 0 unspecified atom stereocenters. The minimum absolute atomic E-state index is 0.0517. The molecule has 0 saturated heterocycles. The van der Waals surface area contributed by atoms with Gasteiger partial charge in [-0.05, 0) is 60.8 Å². The fraction of sp³-hybridized carbons (Fsp3) is 0.250. The van der Waals surface area contributed by atoms with E-state index in [1.54, 1.807) is 23.7 Å². The molecule has 6 nitrogen and oxygen atoms in total. The van der Waals surface area contributed by atoms with Crippen molar-refractivity contribution in [3.05, 3.63) is 75.3 Å². The summed E-state index contributed by atoms with van der Waals surface area (Å²) in [6.45, 7) is 3.91. The first-order valence-electron chi connectivity index (χ1n) is 8.99. The van der Waals surface area contributed by atoms with Crippen LogP contribution in [0.15, 0.2) is 36.4 Å². The van der Waals surface area contributed by atoms with E-state index in [1.807, 2.05) is 18.2 Å². The quantitative estimate of drug-likeness (QED) is 0.706. The van der Waals surface area contributed by atoms with Gasteiger partial charge >= 0.3 is 0 Å². The number of carbonyl (C=O) groups excluding carboxylic acids is 1. The number of benzene rings is 2. The number of hydrogen-bond donors (Lipinski definition) is 2. The molecule has 0 saturated carbocycles. The van der Waals surface area contributed by atoms with Gasteiger partial charge in [0.2, 0.25) is 0 Å². The van der Waals surface area contributed by atoms with Crippen LogP contribution in [0.25, 0.3) is 0 Å². The zero-order valence-corrected chi connectivity index (χ0v) is 16.1. The molecule has 0 fully saturated rings. The zero-order valence-electron chi connectivity index (χ0n) is 15.3. The zero-order chi connectivity index (χ0) is 19.7. The monoisotopic (exact) mass is 399 g/mol. The van der Waals surface area contributed by atoms with Crippen LogP contribution in [0.3, 0.4) is 0 Å². The Morgan fingerprint density at radius 2 is 2.14 bits per heavy atom. The van der Waals surface area contributed by atoms with Crippen molar-refractivity contribution in [1.82, 2.24) is 20.3 Å². The number of carbonyl (C=O) groups is 1. The maximum Gasteiger partial charge on any atom is 0.278 e. The third-order valence-corrected chi connectivity index (χ3v) is 5.15. The van der Waals surface area contributed by atoms with Crippen LogP contribution in [-0.4, -0.2) is 27.4 Å². The SMILES string of the molecule is Cc1c(C(=O)Nc2ccc3c(c2)CCNC3)nnn1Cc1ccc(F)c(Cl)c1. The normalized spacial score (nSPS) is 13.2. The van der Waals surface area contributed by atoms with E-state index in [1.165, 1.54) is 17.2 Å². The van der Waals surface area contributed by atoms with Crippen LogP contribution in [0, 0.1) is 12.7 Å². The largest absolute Gasteiger partial charge is 0.321 e. The molecule has 2 heterocycles. The fourth-order valence-corrected chi connectivity index (χ4v) is 3.48. The van der Waals surface area contributed by atoms with Gasteiger partial charge in [0, 0.05) is 12.2 Å². The van der Waals surface area contributed by atoms with E-state index >= 15 is 0 Å². The Kier molecular flexibility index (Phi) is 5.11. The van der Waals surface area contributed by atoms with E-state index in [0.717, 1.165) is 30.8 Å². The lowest BCUT2D eigenvalue weighted by Gasteiger charge is -2.18. The van der Waals surface area contributed by atoms with E-state index in [0.29, 0.717) is 12.2 Å². The van der Waals surface area contributed by atoms with Crippen LogP contribution in [0.5, 0.6) is 0 Å². The van der Waals surface area contributed by atoms with Gasteiger partial charge in [0.1, 0.15) is 5.82 Å². The molecule has 1 amide bonds. The summed E-state index contributed by atoms with van der Waals surface area (Å²) in [5, 5.41) is 14.4. The second kappa shape index (κ2) is 7.69. The predicted molar refractivity (Wildman–Crippen MR) is 105 cm³/mol. The lowest BCUT2D eigenvalue weighted by Crippen LogP contribution is -2.23. The first-order valence-corrected chi connectivity index (χ1v) is 9.37. The Labute approximate surface area is 166 Å². The van der Waals surface area contributed by atoms with Crippen LogP contribution in [-0.2, 0) is 19.5 Å². The lowest BCUT2D eigenvalue weighted by molar-refractivity contribution is 0.102. The van der Waals surface area contributed by atoms with Crippen molar-refractivity contribution in [2.24, 2.45) is 0 Å². The molecule has 1 aliphatic heterocycles. The number of aromatic nitrogens is 3. The molecular weight excluding hydrogens is 381 g/mol. The van der Waals surface area contributed by atoms with Crippen molar-refractivity contribution in [2.75, 3.05) is 11.9 Å². The number of anilines is 1. The molecule has 144 valence electrons. The molecule has 1 aromatic heterocycles. The van der Waals surface area contributed by atoms with Crippen molar-refractivity contribution < 1.29 is 9.18 Å². The van der Waals surface area contributed by atoms with Crippen molar-refractivity contribution in [3.8, 4) is 0 Å². The van der Waals surface area contributed by atoms with Gasteiger partial charge in [-0.15, -0.1) is 5.10 Å². The van der Waals surface area contributed by atoms with Crippen LogP contribution in [0.1, 0.15) is 32.9 Å². The molecule has 2 N–H and O–H groups in total. The maximum absolute atomic E-state index is 13.3. The third kappa shape index (κ3) is 3.76. The van der Waals surface area contributed by atoms with E-state index in [2.05, 4.69) is 20.9 Å². The van der Waals surface area contributed by atoms with Gasteiger partial charge in [0.25, 0.3) is 5.91 Å². The van der Waals surface area contributed by atoms with E-state index in [4.69, 9.17) is 11.6 Å². The summed E-state index contributed by atoms with van der Waals surface area (Å²) in [6.07, 6.45) is 0.939. The van der Waals surface area contributed by atoms with Crippen molar-refractivity contribution in [2.45, 2.75) is 26.4 Å². The Hall–Kier alpha value is -2.77. The number of fused-ring (bicyclic) bond motifs is 1. The molecule has 8 heteroatoms. The number of nitrogens with zero attached hydrogens (tertiary/aromatic N) is 3. The van der Waals surface area contributed by atoms with Crippen LogP contribution in [0.4, 0.5) is 10.1 Å². The highest BCUT2D eigenvalue weighted by Gasteiger charge is 2.18. The average Bonchev–Trinajstić information content (AvgIpc) is 3.05. The molecule has 0 atom stereocenters. The predicted octanol–water partition coefficient (Wildman–Crippen LogP) is 3.33. The maximum atomic E-state index is 13.3. The van der Waals surface area contributed by atoms with E-state index < -0.39 is 5.82 Å². The first kappa shape index (κ1) is 18.6. The van der Waals surface area contributed by atoms with Gasteiger partial charge in [-0.1, -0.05) is 28.9 Å². The van der Waals surface area contributed by atoms with Crippen LogP contribution in [0.2, 0.25) is 5.02 Å². The van der Waals surface area contributed by atoms with E-state index in [9.17, 15) is 9.18 Å². The Morgan fingerprint density at radius 1 is 1.29 bits per heavy atom. The molecule has 0 aliphatic carbocycles. The topological polar surface area (TPSA) is 71.8 Å². The summed E-state index contributed by atoms with van der Waals surface area (Å²) in [6, 6.07) is 10.4. The van der Waals surface area contributed by atoms with Crippen LogP contribution < -0.4 is 10.6 Å². The molecule has 4 rings (SSSR count). The highest BCUT2D eigenvalue weighted by molar-refractivity contribution is 6.30. The van der Waals surface area contributed by atoms with Gasteiger partial charge in [0.05, 0.1) is 17.3 Å². The van der Waals surface area contributed by atoms with Crippen molar-refractivity contribution >= 4 is 23.2 Å². The van der Waals surface area contributed by atoms with Crippen LogP contribution >= 0.6 is 11.6 Å². The molecule has 0 radical (unpaired) electrons. The Morgan fingerprint density at radius 3 is 2.96 bits per heavy atom. The number of halogens is 2. The summed E-state index contributed by atoms with van der Waals surface area (Å²) in [7, 11) is 0. The van der Waals surface area contributed by atoms with Crippen molar-refractivity contribution in [3.63, 3.8) is 0 Å². The lowest BCUT2D eigenvalue weighted by atomic mass is 10.0. The van der Waals surface area contributed by atoms with Gasteiger partial charge < -0.3 is 10.6 Å². The second-order valence-corrected chi connectivity index (χ2v) is 7.20. The first-order chi connectivity index (χ1) is 13.5. The standard InChI is InChI=1S/C20H19ClFN5O/c1-12-19(25-26-27(12)11-13-2-5-18(22)17(21)8-13)20(28)24-16-4-3-15-10-23-7-6-14(15)9-16/h2-5,8-9,23H,6-7,10-11H2,1H3,(H,24,28). The average molecular weight is 400 g/mol. The number of hydrogen-bond acceptors (Lipinski definition) is 4. The molecule has 0 bridgehead atoms. The molecule has 0 spiro atoms. The minimum Gasteiger partial charge on any atom is -0.321 e. The summed E-state index contributed by atoms with van der Waals surface area (Å²) >= 11 is 5.83. The summed E-state index contributed by atoms with van der Waals surface area (Å²) in [5.74, 6) is -0.781. The second-order valence-electron chi connectivity index (χ2n) is 6.79. The number of rotatable bonds is 4. The summed E-state index contributed by atoms with van der Waals surface area (Å²) in [4.78, 5) is 12.7. The summed E-state index contributed by atoms with van der Waals surface area (Å²) in [5.41, 5.74) is 4.89. The van der Waals surface area contributed by atoms with E-state index in [-0.39, 0.29) is 16.6 Å². The van der Waals surface area contributed by atoms with Gasteiger partial charge in [-0.2, -0.15) is 0 Å². The van der Waals surface area contributed by atoms with Gasteiger partial charge in [-0.25, -0.2) is 9.07 Å². The number of amides is 1.